The van der Waals surface area contributed by atoms with Crippen molar-refractivity contribution in [3.63, 3.8) is 0 Å². The van der Waals surface area contributed by atoms with Crippen molar-refractivity contribution < 1.29 is 9.90 Å². The molecule has 0 aromatic carbocycles. The Morgan fingerprint density at radius 3 is 3.00 bits per heavy atom. The molecule has 1 N–H and O–H groups in total. The summed E-state index contributed by atoms with van der Waals surface area (Å²) in [4.78, 5) is 11.0. The predicted octanol–water partition coefficient (Wildman–Crippen LogP) is 2.60. The molecular weight excluding hydrogens is 164 g/mol. The van der Waals surface area contributed by atoms with Crippen molar-refractivity contribution in [1.82, 2.24) is 0 Å². The summed E-state index contributed by atoms with van der Waals surface area (Å²) in [5.41, 5.74) is 1.44. The molecule has 2 aliphatic carbocycles. The van der Waals surface area contributed by atoms with Crippen LogP contribution in [-0.4, -0.2) is 11.1 Å². The maximum Gasteiger partial charge on any atom is 0.307 e. The van der Waals surface area contributed by atoms with Gasteiger partial charge >= 0.3 is 5.97 Å². The first kappa shape index (κ1) is 8.79. The minimum Gasteiger partial charge on any atom is -0.481 e. The van der Waals surface area contributed by atoms with Gasteiger partial charge in [0.1, 0.15) is 0 Å². The molecule has 0 aromatic rings. The molecule has 72 valence electrons. The molecule has 0 heterocycles. The van der Waals surface area contributed by atoms with Gasteiger partial charge in [-0.05, 0) is 38.0 Å². The van der Waals surface area contributed by atoms with E-state index in [1.165, 1.54) is 18.4 Å². The number of allylic oxidation sites excluding steroid dienone is 2. The van der Waals surface area contributed by atoms with Crippen LogP contribution in [0.4, 0.5) is 0 Å². The molecule has 2 rings (SSSR count). The second-order valence-corrected chi connectivity index (χ2v) is 4.15. The van der Waals surface area contributed by atoms with Gasteiger partial charge in [-0.3, -0.25) is 4.79 Å². The third kappa shape index (κ3) is 1.62. The van der Waals surface area contributed by atoms with Gasteiger partial charge in [0.15, 0.2) is 0 Å². The van der Waals surface area contributed by atoms with E-state index in [-0.39, 0.29) is 5.92 Å². The van der Waals surface area contributed by atoms with Gasteiger partial charge in [0.2, 0.25) is 0 Å². The third-order valence-electron chi connectivity index (χ3n) is 3.39. The zero-order valence-electron chi connectivity index (χ0n) is 7.83. The van der Waals surface area contributed by atoms with E-state index < -0.39 is 5.97 Å². The molecule has 2 atom stereocenters. The lowest BCUT2D eigenvalue weighted by molar-refractivity contribution is -0.143. The first-order valence-corrected chi connectivity index (χ1v) is 5.21. The number of carbonyl (C=O) groups is 1. The zero-order chi connectivity index (χ0) is 9.26. The molecule has 2 heteroatoms. The van der Waals surface area contributed by atoms with E-state index in [0.29, 0.717) is 5.92 Å². The van der Waals surface area contributed by atoms with Gasteiger partial charge in [-0.15, -0.1) is 0 Å². The molecule has 13 heavy (non-hydrogen) atoms. The first-order valence-electron chi connectivity index (χ1n) is 5.21. The van der Waals surface area contributed by atoms with Crippen molar-refractivity contribution in [2.45, 2.75) is 38.5 Å². The number of rotatable bonds is 1. The molecular formula is C11H16O2. The lowest BCUT2D eigenvalue weighted by Gasteiger charge is -2.33. The highest BCUT2D eigenvalue weighted by atomic mass is 16.4. The number of hydrogen-bond acceptors (Lipinski definition) is 1. The van der Waals surface area contributed by atoms with Crippen molar-refractivity contribution in [3.8, 4) is 0 Å². The second kappa shape index (κ2) is 3.52. The number of carboxylic acid groups (broad SMARTS) is 1. The second-order valence-electron chi connectivity index (χ2n) is 4.15. The molecule has 0 amide bonds. The van der Waals surface area contributed by atoms with Crippen molar-refractivity contribution in [2.24, 2.45) is 11.8 Å². The van der Waals surface area contributed by atoms with Crippen LogP contribution in [-0.2, 0) is 4.79 Å². The van der Waals surface area contributed by atoms with Gasteiger partial charge in [-0.1, -0.05) is 18.1 Å². The summed E-state index contributed by atoms with van der Waals surface area (Å²) in [5, 5.41) is 9.05. The standard InChI is InChI=1S/C11H16O2/c12-11(13)10-7-3-5-8-4-1-2-6-9(8)10/h5,9-10H,1-4,6-7H2,(H,12,13)/t9-,10-/m1/s1. The summed E-state index contributed by atoms with van der Waals surface area (Å²) in [7, 11) is 0. The molecule has 0 saturated heterocycles. The minimum absolute atomic E-state index is 0.0831. The molecule has 0 bridgehead atoms. The van der Waals surface area contributed by atoms with E-state index in [1.807, 2.05) is 0 Å². The SMILES string of the molecule is O=C(O)[C@@H]1CCC=C2CCCC[C@H]21. The molecule has 1 fully saturated rings. The smallest absolute Gasteiger partial charge is 0.307 e. The summed E-state index contributed by atoms with van der Waals surface area (Å²) < 4.78 is 0. The van der Waals surface area contributed by atoms with Crippen LogP contribution in [0.25, 0.3) is 0 Å². The Labute approximate surface area is 78.6 Å². The van der Waals surface area contributed by atoms with Crippen LogP contribution in [0.1, 0.15) is 38.5 Å². The minimum atomic E-state index is -0.586. The molecule has 0 spiro atoms. The fraction of sp³-hybridized carbons (Fsp3) is 0.727. The topological polar surface area (TPSA) is 37.3 Å². The highest BCUT2D eigenvalue weighted by molar-refractivity contribution is 5.71. The normalized spacial score (nSPS) is 33.4. The highest BCUT2D eigenvalue weighted by Gasteiger charge is 2.33. The predicted molar refractivity (Wildman–Crippen MR) is 50.4 cm³/mol. The average molecular weight is 180 g/mol. The van der Waals surface area contributed by atoms with E-state index in [1.54, 1.807) is 0 Å². The van der Waals surface area contributed by atoms with Gasteiger partial charge in [0, 0.05) is 0 Å². The summed E-state index contributed by atoms with van der Waals surface area (Å²) in [6.45, 7) is 0. The van der Waals surface area contributed by atoms with Crippen LogP contribution in [0.2, 0.25) is 0 Å². The Balaban J connectivity index is 2.16. The lowest BCUT2D eigenvalue weighted by atomic mass is 9.71. The highest BCUT2D eigenvalue weighted by Crippen LogP contribution is 2.40. The van der Waals surface area contributed by atoms with E-state index in [4.69, 9.17) is 5.11 Å². The van der Waals surface area contributed by atoms with Crippen molar-refractivity contribution >= 4 is 5.97 Å². The third-order valence-corrected chi connectivity index (χ3v) is 3.39. The number of carboxylic acids is 1. The van der Waals surface area contributed by atoms with E-state index in [9.17, 15) is 4.79 Å². The molecule has 0 radical (unpaired) electrons. The molecule has 0 aromatic heterocycles. The van der Waals surface area contributed by atoms with Crippen molar-refractivity contribution in [2.75, 3.05) is 0 Å². The summed E-state index contributed by atoms with van der Waals surface area (Å²) in [6, 6.07) is 0. The molecule has 1 saturated carbocycles. The molecule has 0 aliphatic heterocycles. The molecule has 2 aliphatic rings. The summed E-state index contributed by atoms with van der Waals surface area (Å²) >= 11 is 0. The van der Waals surface area contributed by atoms with Gasteiger partial charge in [-0.2, -0.15) is 0 Å². The maximum atomic E-state index is 11.0. The van der Waals surface area contributed by atoms with Crippen LogP contribution >= 0.6 is 0 Å². The number of aliphatic carboxylic acids is 1. The van der Waals surface area contributed by atoms with E-state index in [2.05, 4.69) is 6.08 Å². The van der Waals surface area contributed by atoms with Crippen LogP contribution in [0.3, 0.4) is 0 Å². The maximum absolute atomic E-state index is 11.0. The summed E-state index contributed by atoms with van der Waals surface area (Å²) in [6.07, 6.45) is 8.83. The van der Waals surface area contributed by atoms with Crippen LogP contribution in [0.5, 0.6) is 0 Å². The van der Waals surface area contributed by atoms with Crippen LogP contribution in [0.15, 0.2) is 11.6 Å². The Morgan fingerprint density at radius 2 is 2.23 bits per heavy atom. The van der Waals surface area contributed by atoms with Gasteiger partial charge in [0.25, 0.3) is 0 Å². The Kier molecular flexibility index (Phi) is 2.38. The number of hydrogen-bond donors (Lipinski definition) is 1. The Bertz CT molecular complexity index is 242. The van der Waals surface area contributed by atoms with Gasteiger partial charge in [-0.25, -0.2) is 0 Å². The Morgan fingerprint density at radius 1 is 1.38 bits per heavy atom. The molecule has 2 nitrogen and oxygen atoms in total. The lowest BCUT2D eigenvalue weighted by Crippen LogP contribution is -2.29. The van der Waals surface area contributed by atoms with E-state index in [0.717, 1.165) is 25.7 Å². The fourth-order valence-electron chi connectivity index (χ4n) is 2.72. The Hall–Kier alpha value is -0.790. The van der Waals surface area contributed by atoms with Gasteiger partial charge in [0.05, 0.1) is 5.92 Å². The van der Waals surface area contributed by atoms with Gasteiger partial charge < -0.3 is 5.11 Å². The fourth-order valence-corrected chi connectivity index (χ4v) is 2.72. The van der Waals surface area contributed by atoms with Crippen molar-refractivity contribution in [3.05, 3.63) is 11.6 Å². The first-order chi connectivity index (χ1) is 6.29. The average Bonchev–Trinajstić information content (AvgIpc) is 2.17. The van der Waals surface area contributed by atoms with Crippen LogP contribution < -0.4 is 0 Å². The van der Waals surface area contributed by atoms with Crippen LogP contribution in [0, 0.1) is 11.8 Å². The molecule has 0 unspecified atom stereocenters. The van der Waals surface area contributed by atoms with Crippen molar-refractivity contribution in [1.29, 1.82) is 0 Å². The summed E-state index contributed by atoms with van der Waals surface area (Å²) in [5.74, 6) is -0.294. The quantitative estimate of drug-likeness (QED) is 0.630. The number of fused-ring (bicyclic) bond motifs is 1. The largest absolute Gasteiger partial charge is 0.481 e. The zero-order valence-corrected chi connectivity index (χ0v) is 7.83. The monoisotopic (exact) mass is 180 g/mol. The van der Waals surface area contributed by atoms with E-state index >= 15 is 0 Å².